The molecule has 1 aromatic carbocycles. The van der Waals surface area contributed by atoms with Crippen molar-refractivity contribution in [3.8, 4) is 6.07 Å². The zero-order chi connectivity index (χ0) is 13.1. The summed E-state index contributed by atoms with van der Waals surface area (Å²) in [6.45, 7) is 6.07. The Morgan fingerprint density at radius 1 is 1.50 bits per heavy atom. The second-order valence-electron chi connectivity index (χ2n) is 4.16. The van der Waals surface area contributed by atoms with Crippen molar-refractivity contribution in [1.29, 1.82) is 5.26 Å². The molecule has 2 rings (SSSR count). The minimum atomic E-state index is -0.201. The first kappa shape index (κ1) is 11.9. The smallest absolute Gasteiger partial charge is 0.308 e. The Morgan fingerprint density at radius 3 is 3.00 bits per heavy atom. The standard InChI is InChI=1S/C14H13N3O/c1-10-8-17(14(18)16-11(10)2)9-13-5-3-4-12(6-13)7-15/h3-6,8H,2,9H2,1H3,(H,16,18). The van der Waals surface area contributed by atoms with Crippen LogP contribution in [0.4, 0.5) is 4.79 Å². The molecule has 1 heterocycles. The van der Waals surface area contributed by atoms with Crippen molar-refractivity contribution in [2.24, 2.45) is 0 Å². The van der Waals surface area contributed by atoms with Gasteiger partial charge in [-0.2, -0.15) is 5.26 Å². The number of nitrogens with one attached hydrogen (secondary N) is 1. The first-order chi connectivity index (χ1) is 8.60. The Labute approximate surface area is 106 Å². The summed E-state index contributed by atoms with van der Waals surface area (Å²) in [5, 5.41) is 11.5. The number of nitrogens with zero attached hydrogens (tertiary/aromatic N) is 2. The van der Waals surface area contributed by atoms with E-state index < -0.39 is 0 Å². The summed E-state index contributed by atoms with van der Waals surface area (Å²) in [5.74, 6) is 0. The molecule has 1 aromatic rings. The Balaban J connectivity index is 2.21. The second kappa shape index (κ2) is 4.76. The van der Waals surface area contributed by atoms with Crippen LogP contribution in [-0.4, -0.2) is 10.9 Å². The molecule has 0 atom stereocenters. The molecule has 1 aliphatic rings. The predicted octanol–water partition coefficient (Wildman–Crippen LogP) is 2.50. The highest BCUT2D eigenvalue weighted by atomic mass is 16.2. The monoisotopic (exact) mass is 239 g/mol. The summed E-state index contributed by atoms with van der Waals surface area (Å²) in [7, 11) is 0. The van der Waals surface area contributed by atoms with E-state index in [0.29, 0.717) is 17.8 Å². The van der Waals surface area contributed by atoms with Crippen LogP contribution in [-0.2, 0) is 6.54 Å². The summed E-state index contributed by atoms with van der Waals surface area (Å²) in [6, 6.07) is 9.10. The van der Waals surface area contributed by atoms with Gasteiger partial charge in [-0.25, -0.2) is 4.79 Å². The summed E-state index contributed by atoms with van der Waals surface area (Å²) in [4.78, 5) is 13.3. The van der Waals surface area contributed by atoms with E-state index in [1.54, 1.807) is 23.2 Å². The first-order valence-corrected chi connectivity index (χ1v) is 5.54. The Hall–Kier alpha value is -2.54. The molecule has 1 aliphatic heterocycles. The van der Waals surface area contributed by atoms with E-state index in [0.717, 1.165) is 11.1 Å². The van der Waals surface area contributed by atoms with Gasteiger partial charge in [-0.3, -0.25) is 4.90 Å². The predicted molar refractivity (Wildman–Crippen MR) is 68.1 cm³/mol. The van der Waals surface area contributed by atoms with E-state index in [1.807, 2.05) is 19.1 Å². The highest BCUT2D eigenvalue weighted by molar-refractivity contribution is 5.80. The molecule has 0 spiro atoms. The number of hydrogen-bond acceptors (Lipinski definition) is 2. The molecular formula is C14H13N3O. The summed E-state index contributed by atoms with van der Waals surface area (Å²) in [6.07, 6.45) is 1.76. The number of carbonyl (C=O) groups is 1. The van der Waals surface area contributed by atoms with Crippen LogP contribution in [0.3, 0.4) is 0 Å². The third kappa shape index (κ3) is 2.41. The molecule has 2 amide bonds. The molecule has 0 aromatic heterocycles. The van der Waals surface area contributed by atoms with Gasteiger partial charge in [-0.05, 0) is 30.2 Å². The lowest BCUT2D eigenvalue weighted by Gasteiger charge is -2.26. The molecule has 0 saturated carbocycles. The van der Waals surface area contributed by atoms with Crippen LogP contribution in [0, 0.1) is 11.3 Å². The quantitative estimate of drug-likeness (QED) is 0.862. The minimum absolute atomic E-state index is 0.201. The highest BCUT2D eigenvalue weighted by Crippen LogP contribution is 2.15. The van der Waals surface area contributed by atoms with Crippen molar-refractivity contribution >= 4 is 6.03 Å². The van der Waals surface area contributed by atoms with E-state index >= 15 is 0 Å². The fourth-order valence-electron chi connectivity index (χ4n) is 1.72. The number of urea groups is 1. The fourth-order valence-corrected chi connectivity index (χ4v) is 1.72. The lowest BCUT2D eigenvalue weighted by Crippen LogP contribution is -2.39. The molecule has 0 radical (unpaired) electrons. The van der Waals surface area contributed by atoms with Gasteiger partial charge in [-0.15, -0.1) is 0 Å². The third-order valence-corrected chi connectivity index (χ3v) is 2.75. The largest absolute Gasteiger partial charge is 0.326 e. The van der Waals surface area contributed by atoms with Crippen molar-refractivity contribution in [2.75, 3.05) is 0 Å². The van der Waals surface area contributed by atoms with Gasteiger partial charge in [0.25, 0.3) is 0 Å². The lowest BCUT2D eigenvalue weighted by molar-refractivity contribution is 0.214. The lowest BCUT2D eigenvalue weighted by atomic mass is 10.1. The van der Waals surface area contributed by atoms with Gasteiger partial charge < -0.3 is 5.32 Å². The van der Waals surface area contributed by atoms with E-state index in [1.165, 1.54) is 0 Å². The Morgan fingerprint density at radius 2 is 2.28 bits per heavy atom. The molecule has 18 heavy (non-hydrogen) atoms. The van der Waals surface area contributed by atoms with Crippen LogP contribution in [0.15, 0.2) is 48.3 Å². The normalized spacial score (nSPS) is 14.9. The molecule has 1 N–H and O–H groups in total. The summed E-state index contributed by atoms with van der Waals surface area (Å²) < 4.78 is 0. The molecule has 0 unspecified atom stereocenters. The molecule has 0 aliphatic carbocycles. The van der Waals surface area contributed by atoms with Crippen LogP contribution in [0.1, 0.15) is 18.1 Å². The molecule has 90 valence electrons. The van der Waals surface area contributed by atoms with E-state index in [-0.39, 0.29) is 6.03 Å². The molecule has 0 bridgehead atoms. The maximum absolute atomic E-state index is 11.8. The van der Waals surface area contributed by atoms with Gasteiger partial charge in [-0.1, -0.05) is 18.7 Å². The molecule has 4 heteroatoms. The molecule has 4 nitrogen and oxygen atoms in total. The van der Waals surface area contributed by atoms with Crippen LogP contribution in [0.2, 0.25) is 0 Å². The summed E-state index contributed by atoms with van der Waals surface area (Å²) >= 11 is 0. The highest BCUT2D eigenvalue weighted by Gasteiger charge is 2.18. The van der Waals surface area contributed by atoms with Crippen molar-refractivity contribution in [1.82, 2.24) is 10.2 Å². The van der Waals surface area contributed by atoms with Crippen molar-refractivity contribution < 1.29 is 4.79 Å². The fraction of sp³-hybridized carbons (Fsp3) is 0.143. The number of benzene rings is 1. The number of carbonyl (C=O) groups excluding carboxylic acids is 1. The van der Waals surface area contributed by atoms with Crippen LogP contribution < -0.4 is 5.32 Å². The van der Waals surface area contributed by atoms with Gasteiger partial charge in [0.2, 0.25) is 0 Å². The number of nitriles is 1. The zero-order valence-corrected chi connectivity index (χ0v) is 10.1. The second-order valence-corrected chi connectivity index (χ2v) is 4.16. The van der Waals surface area contributed by atoms with E-state index in [2.05, 4.69) is 18.0 Å². The van der Waals surface area contributed by atoms with Crippen molar-refractivity contribution in [2.45, 2.75) is 13.5 Å². The maximum Gasteiger partial charge on any atom is 0.326 e. The third-order valence-electron chi connectivity index (χ3n) is 2.75. The van der Waals surface area contributed by atoms with Crippen LogP contribution in [0.5, 0.6) is 0 Å². The SMILES string of the molecule is C=C1NC(=O)N(Cc2cccc(C#N)c2)C=C1C. The van der Waals surface area contributed by atoms with Crippen molar-refractivity contribution in [3.05, 3.63) is 59.4 Å². The minimum Gasteiger partial charge on any atom is -0.308 e. The Kier molecular flexibility index (Phi) is 3.16. The van der Waals surface area contributed by atoms with Gasteiger partial charge in [0.05, 0.1) is 18.2 Å². The van der Waals surface area contributed by atoms with Gasteiger partial charge in [0.1, 0.15) is 0 Å². The molecule has 0 saturated heterocycles. The van der Waals surface area contributed by atoms with Crippen LogP contribution >= 0.6 is 0 Å². The number of rotatable bonds is 2. The van der Waals surface area contributed by atoms with Gasteiger partial charge in [0, 0.05) is 11.9 Å². The van der Waals surface area contributed by atoms with Crippen LogP contribution in [0.25, 0.3) is 0 Å². The number of allylic oxidation sites excluding steroid dienone is 1. The van der Waals surface area contributed by atoms with Crippen molar-refractivity contribution in [3.63, 3.8) is 0 Å². The van der Waals surface area contributed by atoms with E-state index in [9.17, 15) is 4.79 Å². The van der Waals surface area contributed by atoms with E-state index in [4.69, 9.17) is 5.26 Å². The average molecular weight is 239 g/mol. The molecular weight excluding hydrogens is 226 g/mol. The number of hydrogen-bond donors (Lipinski definition) is 1. The topological polar surface area (TPSA) is 56.1 Å². The maximum atomic E-state index is 11.8. The van der Waals surface area contributed by atoms with Gasteiger partial charge >= 0.3 is 6.03 Å². The Bertz CT molecular complexity index is 581. The number of amides is 2. The summed E-state index contributed by atoms with van der Waals surface area (Å²) in [5.41, 5.74) is 3.06. The molecule has 0 fully saturated rings. The zero-order valence-electron chi connectivity index (χ0n) is 10.1. The first-order valence-electron chi connectivity index (χ1n) is 5.54. The average Bonchev–Trinajstić information content (AvgIpc) is 2.36. The van der Waals surface area contributed by atoms with Gasteiger partial charge in [0.15, 0.2) is 0 Å².